The third-order valence-electron chi connectivity index (χ3n) is 5.17. The highest BCUT2D eigenvalue weighted by atomic mass is 16.7. The van der Waals surface area contributed by atoms with Crippen LogP contribution in [0.3, 0.4) is 0 Å². The van der Waals surface area contributed by atoms with Gasteiger partial charge in [-0.15, -0.1) is 13.2 Å². The van der Waals surface area contributed by atoms with Gasteiger partial charge in [-0.1, -0.05) is 55.5 Å². The van der Waals surface area contributed by atoms with Crippen LogP contribution in [0.5, 0.6) is 11.5 Å². The van der Waals surface area contributed by atoms with E-state index in [0.717, 1.165) is 22.4 Å². The molecule has 0 aliphatic carbocycles. The Kier molecular flexibility index (Phi) is 20.7. The van der Waals surface area contributed by atoms with Crippen molar-refractivity contribution < 1.29 is 38.3 Å². The number of hydrogen-bond acceptors (Lipinski definition) is 8. The van der Waals surface area contributed by atoms with Crippen LogP contribution >= 0.6 is 0 Å². The molecule has 222 valence electrons. The Morgan fingerprint density at radius 3 is 1.95 bits per heavy atom. The Balaban J connectivity index is 0.000000762. The van der Waals surface area contributed by atoms with Gasteiger partial charge in [-0.3, -0.25) is 4.79 Å². The van der Waals surface area contributed by atoms with Gasteiger partial charge in [0.1, 0.15) is 44.4 Å². The minimum Gasteiger partial charge on any atom is -0.496 e. The summed E-state index contributed by atoms with van der Waals surface area (Å²) in [7, 11) is 6.24. The van der Waals surface area contributed by atoms with Gasteiger partial charge in [0.05, 0.1) is 14.2 Å². The van der Waals surface area contributed by atoms with Crippen molar-refractivity contribution in [1.82, 2.24) is 0 Å². The topological polar surface area (TPSA) is 92.7 Å². The van der Waals surface area contributed by atoms with Gasteiger partial charge in [0, 0.05) is 30.9 Å². The maximum Gasteiger partial charge on any atom is 0.236 e. The van der Waals surface area contributed by atoms with E-state index < -0.39 is 6.10 Å². The first-order chi connectivity index (χ1) is 19.5. The van der Waals surface area contributed by atoms with Gasteiger partial charge in [-0.2, -0.15) is 0 Å². The van der Waals surface area contributed by atoms with E-state index in [4.69, 9.17) is 28.4 Å². The summed E-state index contributed by atoms with van der Waals surface area (Å²) in [6.45, 7) is 8.12. The average Bonchev–Trinajstić information content (AvgIpc) is 2.97. The predicted molar refractivity (Wildman–Crippen MR) is 161 cm³/mol. The molecule has 2 aromatic rings. The zero-order valence-electron chi connectivity index (χ0n) is 23.7. The summed E-state index contributed by atoms with van der Waals surface area (Å²) in [6, 6.07) is 10.8. The van der Waals surface area contributed by atoms with Crippen LogP contribution in [0.25, 0.3) is 0 Å². The fourth-order valence-corrected chi connectivity index (χ4v) is 3.47. The van der Waals surface area contributed by atoms with E-state index in [1.807, 2.05) is 24.3 Å². The van der Waals surface area contributed by atoms with Crippen molar-refractivity contribution in [3.8, 4) is 35.2 Å². The molecule has 2 rings (SSSR count). The first-order valence-electron chi connectivity index (χ1n) is 12.3. The van der Waals surface area contributed by atoms with Crippen LogP contribution < -0.4 is 9.47 Å². The van der Waals surface area contributed by atoms with Gasteiger partial charge < -0.3 is 33.5 Å². The summed E-state index contributed by atoms with van der Waals surface area (Å²) in [5.74, 6) is 11.8. The lowest BCUT2D eigenvalue weighted by Crippen LogP contribution is -2.04. The van der Waals surface area contributed by atoms with Crippen LogP contribution in [0.4, 0.5) is 0 Å². The number of ether oxygens (including phenoxy) is 6. The highest BCUT2D eigenvalue weighted by Crippen LogP contribution is 2.27. The standard InChI is InChI=1S/C16H20O4.C16H18O4.CH4/c2*1-4-7-14-13(8-5-10-16(14)19-3)15(17)9-6-11-20-12-18-2;/h4-5,8,10,15,17H,1,7,11-12H2,2-3H3;4-5,8,10H,1,7,11-12H2,2-3H3;1H4. The molecule has 8 nitrogen and oxygen atoms in total. The Hall–Kier alpha value is -3.89. The summed E-state index contributed by atoms with van der Waals surface area (Å²) in [6.07, 6.45) is 3.77. The summed E-state index contributed by atoms with van der Waals surface area (Å²) >= 11 is 0. The van der Waals surface area contributed by atoms with Crippen molar-refractivity contribution in [2.75, 3.05) is 55.2 Å². The first-order valence-corrected chi connectivity index (χ1v) is 12.3. The number of Topliss-reactive ketones (excluding diaryl/α,β-unsaturated/α-hetero) is 1. The quantitative estimate of drug-likeness (QED) is 0.0858. The number of hydrogen-bond donors (Lipinski definition) is 1. The van der Waals surface area contributed by atoms with Crippen LogP contribution in [-0.4, -0.2) is 66.1 Å². The monoisotopic (exact) mass is 566 g/mol. The molecule has 0 heterocycles. The molecule has 0 aliphatic heterocycles. The molecule has 2 aromatic carbocycles. The highest BCUT2D eigenvalue weighted by Gasteiger charge is 2.14. The fraction of sp³-hybridized carbons (Fsp3) is 0.364. The van der Waals surface area contributed by atoms with Crippen LogP contribution in [-0.2, 0) is 31.8 Å². The second-order valence-corrected chi connectivity index (χ2v) is 7.86. The van der Waals surface area contributed by atoms with Gasteiger partial charge in [-0.05, 0) is 42.5 Å². The van der Waals surface area contributed by atoms with Crippen molar-refractivity contribution in [3.05, 3.63) is 84.0 Å². The first kappa shape index (κ1) is 37.1. The molecule has 0 radical (unpaired) electrons. The summed E-state index contributed by atoms with van der Waals surface area (Å²) in [5.41, 5.74) is 2.94. The van der Waals surface area contributed by atoms with Gasteiger partial charge in [0.15, 0.2) is 0 Å². The largest absolute Gasteiger partial charge is 0.496 e. The third-order valence-corrected chi connectivity index (χ3v) is 5.17. The molecular formula is C33H42O8. The number of aliphatic hydroxyl groups is 1. The SMILES string of the molecule is C.C=CCc1c(OC)cccc1C(=O)C#CCOCOC.C=CCc1c(OC)cccc1C(O)C#CCOCOC. The van der Waals surface area contributed by atoms with Gasteiger partial charge in [0.25, 0.3) is 0 Å². The van der Waals surface area contributed by atoms with Crippen LogP contribution in [0, 0.1) is 23.7 Å². The molecule has 0 bridgehead atoms. The zero-order valence-corrected chi connectivity index (χ0v) is 23.7. The molecule has 1 N–H and O–H groups in total. The van der Waals surface area contributed by atoms with Gasteiger partial charge in [-0.25, -0.2) is 0 Å². The smallest absolute Gasteiger partial charge is 0.236 e. The Bertz CT molecular complexity index is 1200. The van der Waals surface area contributed by atoms with E-state index in [0.29, 0.717) is 24.2 Å². The van der Waals surface area contributed by atoms with Gasteiger partial charge >= 0.3 is 0 Å². The lowest BCUT2D eigenvalue weighted by Gasteiger charge is -2.14. The van der Waals surface area contributed by atoms with E-state index in [1.165, 1.54) is 7.11 Å². The van der Waals surface area contributed by atoms with Gasteiger partial charge in [0.2, 0.25) is 5.78 Å². The number of carbonyl (C=O) groups excluding carboxylic acids is 1. The Morgan fingerprint density at radius 1 is 0.854 bits per heavy atom. The van der Waals surface area contributed by atoms with Crippen molar-refractivity contribution in [3.63, 3.8) is 0 Å². The summed E-state index contributed by atoms with van der Waals surface area (Å²) < 4.78 is 30.0. The third kappa shape index (κ3) is 13.3. The van der Waals surface area contributed by atoms with Crippen molar-refractivity contribution >= 4 is 5.78 Å². The number of benzene rings is 2. The number of ketones is 1. The highest BCUT2D eigenvalue weighted by molar-refractivity contribution is 6.10. The molecule has 0 fully saturated rings. The van der Waals surface area contributed by atoms with Crippen molar-refractivity contribution in [2.24, 2.45) is 0 Å². The van der Waals surface area contributed by atoms with E-state index in [1.54, 1.807) is 45.6 Å². The van der Waals surface area contributed by atoms with E-state index in [2.05, 4.69) is 36.8 Å². The fourth-order valence-electron chi connectivity index (χ4n) is 3.47. The maximum atomic E-state index is 12.1. The average molecular weight is 567 g/mol. The lowest BCUT2D eigenvalue weighted by molar-refractivity contribution is -0.0167. The number of allylic oxidation sites excluding steroid dienone is 2. The van der Waals surface area contributed by atoms with Crippen molar-refractivity contribution in [1.29, 1.82) is 0 Å². The molecule has 0 aromatic heterocycles. The molecule has 0 aliphatic rings. The summed E-state index contributed by atoms with van der Waals surface area (Å²) in [4.78, 5) is 12.1. The number of aliphatic hydroxyl groups excluding tert-OH is 1. The summed E-state index contributed by atoms with van der Waals surface area (Å²) in [5, 5.41) is 10.2. The van der Waals surface area contributed by atoms with Crippen LogP contribution in [0.15, 0.2) is 61.7 Å². The number of methoxy groups -OCH3 is 4. The predicted octanol–water partition coefficient (Wildman–Crippen LogP) is 4.95. The Labute approximate surface area is 244 Å². The molecule has 1 atom stereocenters. The second kappa shape index (κ2) is 22.9. The minimum atomic E-state index is -0.883. The molecule has 1 unspecified atom stereocenters. The molecule has 0 amide bonds. The lowest BCUT2D eigenvalue weighted by atomic mass is 9.99. The minimum absolute atomic E-state index is 0. The molecule has 41 heavy (non-hydrogen) atoms. The van der Waals surface area contributed by atoms with E-state index in [9.17, 15) is 9.90 Å². The maximum absolute atomic E-state index is 12.1. The zero-order chi connectivity index (χ0) is 29.6. The second-order valence-electron chi connectivity index (χ2n) is 7.86. The number of carbonyl (C=O) groups is 1. The van der Waals surface area contributed by atoms with Crippen molar-refractivity contribution in [2.45, 2.75) is 26.4 Å². The van der Waals surface area contributed by atoms with Crippen LogP contribution in [0.1, 0.15) is 40.6 Å². The molecule has 8 heteroatoms. The van der Waals surface area contributed by atoms with E-state index >= 15 is 0 Å². The molecular weight excluding hydrogens is 524 g/mol. The number of rotatable bonds is 14. The Morgan fingerprint density at radius 2 is 1.39 bits per heavy atom. The molecule has 0 spiro atoms. The van der Waals surface area contributed by atoms with Crippen LogP contribution in [0.2, 0.25) is 0 Å². The molecule has 0 saturated heterocycles. The normalized spacial score (nSPS) is 10.2. The van der Waals surface area contributed by atoms with E-state index in [-0.39, 0.29) is 40.0 Å². The molecule has 0 saturated carbocycles.